The maximum atomic E-state index is 16.0. The molecular weight excluding hydrogens is 550 g/mol. The minimum Gasteiger partial charge on any atom is -0.462 e. The van der Waals surface area contributed by atoms with Crippen LogP contribution in [0.2, 0.25) is 0 Å². The third-order valence-corrected chi connectivity index (χ3v) is 9.04. The van der Waals surface area contributed by atoms with Crippen molar-refractivity contribution in [3.8, 4) is 23.2 Å². The first-order chi connectivity index (χ1) is 20.9. The van der Waals surface area contributed by atoms with Crippen LogP contribution in [0, 0.1) is 17.1 Å². The number of aromatic nitrogens is 2. The highest BCUT2D eigenvalue weighted by Gasteiger charge is 2.33. The van der Waals surface area contributed by atoms with Gasteiger partial charge in [0.2, 0.25) is 5.91 Å². The molecule has 0 N–H and O–H groups in total. The molecule has 2 aromatic carbocycles. The molecule has 0 bridgehead atoms. The van der Waals surface area contributed by atoms with Crippen molar-refractivity contribution in [1.82, 2.24) is 19.8 Å². The van der Waals surface area contributed by atoms with Gasteiger partial charge in [-0.05, 0) is 74.1 Å². The lowest BCUT2D eigenvalue weighted by atomic mass is 9.85. The van der Waals surface area contributed by atoms with E-state index in [9.17, 15) is 14.4 Å². The molecule has 0 radical (unpaired) electrons. The number of nitrogens with zero attached hydrogens (tertiary/aromatic N) is 6. The van der Waals surface area contributed by atoms with Gasteiger partial charge in [0, 0.05) is 43.2 Å². The molecular formula is C33H36F2N6O2. The van der Waals surface area contributed by atoms with Gasteiger partial charge < -0.3 is 14.5 Å². The second kappa shape index (κ2) is 12.3. The Morgan fingerprint density at radius 1 is 1.16 bits per heavy atom. The van der Waals surface area contributed by atoms with Crippen molar-refractivity contribution < 1.29 is 18.3 Å². The molecule has 6 rings (SSSR count). The van der Waals surface area contributed by atoms with Gasteiger partial charge in [0.25, 0.3) is 0 Å². The van der Waals surface area contributed by atoms with E-state index in [-0.39, 0.29) is 42.8 Å². The van der Waals surface area contributed by atoms with E-state index >= 15 is 4.39 Å². The number of piperazine rings is 1. The molecule has 0 unspecified atom stereocenters. The highest BCUT2D eigenvalue weighted by molar-refractivity contribution is 5.94. The average molecular weight is 587 g/mol. The quantitative estimate of drug-likeness (QED) is 0.366. The van der Waals surface area contributed by atoms with E-state index in [4.69, 9.17) is 14.7 Å². The minimum absolute atomic E-state index is 0.106. The lowest BCUT2D eigenvalue weighted by Crippen LogP contribution is -2.55. The van der Waals surface area contributed by atoms with Gasteiger partial charge in [-0.1, -0.05) is 24.8 Å². The van der Waals surface area contributed by atoms with E-state index < -0.39 is 6.17 Å². The van der Waals surface area contributed by atoms with Crippen molar-refractivity contribution >= 4 is 22.6 Å². The molecule has 1 amide bonds. The normalized spacial score (nSPS) is 22.3. The second-order valence-electron chi connectivity index (χ2n) is 11.8. The maximum absolute atomic E-state index is 16.0. The summed E-state index contributed by atoms with van der Waals surface area (Å²) in [6.07, 6.45) is 4.97. The number of fused-ring (bicyclic) bond motifs is 2. The first kappa shape index (κ1) is 29.0. The van der Waals surface area contributed by atoms with Crippen LogP contribution in [0.1, 0.15) is 36.8 Å². The Balaban J connectivity index is 1.41. The molecule has 2 saturated heterocycles. The zero-order valence-electron chi connectivity index (χ0n) is 24.4. The third-order valence-electron chi connectivity index (χ3n) is 9.04. The molecule has 2 aliphatic heterocycles. The smallest absolute Gasteiger partial charge is 0.319 e. The Hall–Kier alpha value is -4.10. The molecule has 1 aromatic heterocycles. The molecule has 3 aromatic rings. The van der Waals surface area contributed by atoms with E-state index in [1.165, 1.54) is 23.3 Å². The molecule has 2 fully saturated rings. The van der Waals surface area contributed by atoms with Crippen molar-refractivity contribution in [2.75, 3.05) is 44.7 Å². The number of likely N-dealkylation sites (tertiary alicyclic amines) is 1. The number of anilines is 1. The summed E-state index contributed by atoms with van der Waals surface area (Å²) in [6.45, 7) is 5.31. The molecule has 0 saturated carbocycles. The number of carbonyl (C=O) groups excluding carboxylic acids is 1. The van der Waals surface area contributed by atoms with Crippen molar-refractivity contribution in [3.63, 3.8) is 0 Å². The van der Waals surface area contributed by atoms with Crippen LogP contribution in [0.25, 0.3) is 22.0 Å². The van der Waals surface area contributed by atoms with Crippen LogP contribution >= 0.6 is 0 Å². The van der Waals surface area contributed by atoms with E-state index in [2.05, 4.69) is 18.7 Å². The summed E-state index contributed by atoms with van der Waals surface area (Å²) in [4.78, 5) is 27.5. The lowest BCUT2D eigenvalue weighted by molar-refractivity contribution is -0.128. The number of nitriles is 1. The summed E-state index contributed by atoms with van der Waals surface area (Å²) < 4.78 is 36.1. The lowest BCUT2D eigenvalue weighted by Gasteiger charge is -2.41. The van der Waals surface area contributed by atoms with Crippen LogP contribution in [0.5, 0.6) is 6.01 Å². The molecule has 3 aliphatic rings. The van der Waals surface area contributed by atoms with Gasteiger partial charge in [-0.15, -0.1) is 0 Å². The number of alkyl halides is 1. The number of amides is 1. The number of likely N-dealkylation sites (N-methyl/N-ethyl adjacent to an activating group) is 1. The van der Waals surface area contributed by atoms with Gasteiger partial charge >= 0.3 is 6.01 Å². The molecule has 0 spiro atoms. The van der Waals surface area contributed by atoms with Gasteiger partial charge in [-0.3, -0.25) is 9.69 Å². The summed E-state index contributed by atoms with van der Waals surface area (Å²) in [5, 5.41) is 10.0. The maximum Gasteiger partial charge on any atom is 0.319 e. The van der Waals surface area contributed by atoms with E-state index in [0.717, 1.165) is 31.2 Å². The number of ether oxygens (including phenoxy) is 1. The van der Waals surface area contributed by atoms with Crippen LogP contribution < -0.4 is 9.64 Å². The van der Waals surface area contributed by atoms with Crippen LogP contribution in [-0.2, 0) is 17.6 Å². The Morgan fingerprint density at radius 2 is 2.00 bits per heavy atom. The molecule has 3 heterocycles. The van der Waals surface area contributed by atoms with Crippen molar-refractivity contribution in [2.24, 2.45) is 0 Å². The monoisotopic (exact) mass is 586 g/mol. The Kier molecular flexibility index (Phi) is 8.26. The Morgan fingerprint density at radius 3 is 2.77 bits per heavy atom. The first-order valence-corrected chi connectivity index (χ1v) is 15.0. The number of halogens is 2. The summed E-state index contributed by atoms with van der Waals surface area (Å²) in [6, 6.07) is 11.2. The minimum atomic E-state index is -0.902. The molecule has 224 valence electrons. The second-order valence-corrected chi connectivity index (χ2v) is 11.8. The molecule has 1 aliphatic carbocycles. The number of hydrogen-bond donors (Lipinski definition) is 0. The highest BCUT2D eigenvalue weighted by Crippen LogP contribution is 2.37. The standard InChI is InChI=1S/C33H36F2N6O2/c1-3-31(42)41-14-13-40(19-23(41)11-12-36)32-28-16-29(35)27(26-10-6-8-21-7-4-5-9-25(21)26)17-30(28)37-33(38-32)43-20-24-15-22(34)18-39(24)2/h3,6,8,10,16-17,22-24H,1,4-5,7,9,11,13-15,18-20H2,2H3/t22-,23+,24+/m1/s1. The molecule has 43 heavy (non-hydrogen) atoms. The zero-order valence-corrected chi connectivity index (χ0v) is 24.4. The Bertz CT molecular complexity index is 1590. The third kappa shape index (κ3) is 5.78. The van der Waals surface area contributed by atoms with Crippen molar-refractivity contribution in [1.29, 1.82) is 5.26 Å². The summed E-state index contributed by atoms with van der Waals surface area (Å²) in [5.41, 5.74) is 4.35. The summed E-state index contributed by atoms with van der Waals surface area (Å²) in [5.74, 6) is -0.108. The van der Waals surface area contributed by atoms with Gasteiger partial charge in [-0.2, -0.15) is 15.2 Å². The van der Waals surface area contributed by atoms with E-state index in [1.807, 2.05) is 29.0 Å². The van der Waals surface area contributed by atoms with Gasteiger partial charge in [0.15, 0.2) is 0 Å². The first-order valence-electron chi connectivity index (χ1n) is 15.0. The largest absolute Gasteiger partial charge is 0.462 e. The average Bonchev–Trinajstić information content (AvgIpc) is 3.35. The van der Waals surface area contributed by atoms with E-state index in [1.54, 1.807) is 11.0 Å². The Labute approximate surface area is 250 Å². The SMILES string of the molecule is C=CC(=O)N1CCN(c2nc(OC[C@@H]3C[C@@H](F)CN3C)nc3cc(-c4cccc5c4CCCC5)c(F)cc23)C[C@@H]1CC#N. The predicted octanol–water partition coefficient (Wildman–Crippen LogP) is 4.85. The van der Waals surface area contributed by atoms with Crippen LogP contribution in [0.15, 0.2) is 43.0 Å². The number of carbonyl (C=O) groups is 1. The van der Waals surface area contributed by atoms with Gasteiger partial charge in [0.1, 0.15) is 24.4 Å². The molecule has 8 nitrogen and oxygen atoms in total. The topological polar surface area (TPSA) is 85.6 Å². The number of aryl methyl sites for hydroxylation is 1. The number of hydrogen-bond acceptors (Lipinski definition) is 7. The number of rotatable bonds is 7. The number of benzene rings is 2. The molecule has 3 atom stereocenters. The fourth-order valence-corrected chi connectivity index (χ4v) is 6.77. The van der Waals surface area contributed by atoms with Gasteiger partial charge in [0.05, 0.1) is 24.0 Å². The van der Waals surface area contributed by atoms with Crippen molar-refractivity contribution in [3.05, 3.63) is 59.9 Å². The van der Waals surface area contributed by atoms with Crippen LogP contribution in [-0.4, -0.2) is 83.8 Å². The zero-order chi connectivity index (χ0) is 30.1. The van der Waals surface area contributed by atoms with E-state index in [0.29, 0.717) is 54.9 Å². The fourth-order valence-electron chi connectivity index (χ4n) is 6.77. The van der Waals surface area contributed by atoms with Gasteiger partial charge in [-0.25, -0.2) is 8.78 Å². The summed E-state index contributed by atoms with van der Waals surface area (Å²) >= 11 is 0. The van der Waals surface area contributed by atoms with Crippen LogP contribution in [0.3, 0.4) is 0 Å². The fraction of sp³-hybridized carbons (Fsp3) is 0.455. The highest BCUT2D eigenvalue weighted by atomic mass is 19.1. The summed E-state index contributed by atoms with van der Waals surface area (Å²) in [7, 11) is 1.87. The predicted molar refractivity (Wildman–Crippen MR) is 161 cm³/mol. The van der Waals surface area contributed by atoms with Crippen LogP contribution in [0.4, 0.5) is 14.6 Å². The van der Waals surface area contributed by atoms with Crippen molar-refractivity contribution in [2.45, 2.75) is 56.8 Å². The molecule has 10 heteroatoms.